The van der Waals surface area contributed by atoms with E-state index in [0.29, 0.717) is 12.6 Å². The van der Waals surface area contributed by atoms with Gasteiger partial charge in [-0.25, -0.2) is 9.78 Å². The van der Waals surface area contributed by atoms with E-state index in [0.717, 1.165) is 32.2 Å². The van der Waals surface area contributed by atoms with Crippen LogP contribution in [0.2, 0.25) is 0 Å². The monoisotopic (exact) mass is 431 g/mol. The molecular formula is C19H24F3N3O3S. The van der Waals surface area contributed by atoms with E-state index in [1.807, 2.05) is 17.5 Å². The molecule has 1 unspecified atom stereocenters. The lowest BCUT2D eigenvalue weighted by Crippen LogP contribution is -2.37. The molecule has 1 N–H and O–H groups in total. The molecule has 10 heteroatoms. The summed E-state index contributed by atoms with van der Waals surface area (Å²) >= 11 is 1.84. The maximum Gasteiger partial charge on any atom is 0.490 e. The van der Waals surface area contributed by atoms with Crippen LogP contribution in [-0.4, -0.2) is 44.9 Å². The van der Waals surface area contributed by atoms with Crippen molar-refractivity contribution < 1.29 is 27.8 Å². The number of hydrogen-bond donors (Lipinski definition) is 1. The predicted molar refractivity (Wildman–Crippen MR) is 101 cm³/mol. The first kappa shape index (κ1) is 21.8. The van der Waals surface area contributed by atoms with Crippen LogP contribution in [0.25, 0.3) is 0 Å². The Labute approximate surface area is 170 Å². The van der Waals surface area contributed by atoms with Crippen molar-refractivity contribution in [3.8, 4) is 0 Å². The van der Waals surface area contributed by atoms with Crippen molar-refractivity contribution in [2.45, 2.75) is 51.7 Å². The fraction of sp³-hybridized carbons (Fsp3) is 0.579. The normalized spacial score (nSPS) is 19.4. The maximum atomic E-state index is 10.6. The Balaban J connectivity index is 0.000000298. The molecule has 1 aliphatic heterocycles. The van der Waals surface area contributed by atoms with Crippen LogP contribution in [0.1, 0.15) is 42.2 Å². The Morgan fingerprint density at radius 1 is 1.38 bits per heavy atom. The van der Waals surface area contributed by atoms with Crippen LogP contribution in [0, 0.1) is 5.92 Å². The second-order valence-electron chi connectivity index (χ2n) is 7.25. The largest absolute Gasteiger partial charge is 0.490 e. The Morgan fingerprint density at radius 3 is 2.69 bits per heavy atom. The number of aliphatic carboxylic acids is 1. The third kappa shape index (κ3) is 6.03. The number of hydrogen-bond acceptors (Lipinski definition) is 5. The number of thiophene rings is 1. The fourth-order valence-corrected chi connectivity index (χ4v) is 3.88. The molecule has 0 aromatic carbocycles. The number of carboxylic acid groups (broad SMARTS) is 1. The zero-order valence-electron chi connectivity index (χ0n) is 16.1. The molecule has 29 heavy (non-hydrogen) atoms. The van der Waals surface area contributed by atoms with E-state index in [-0.39, 0.29) is 0 Å². The van der Waals surface area contributed by atoms with Crippen LogP contribution in [0.4, 0.5) is 13.2 Å². The molecule has 1 fully saturated rings. The summed E-state index contributed by atoms with van der Waals surface area (Å²) in [6.45, 7) is 7.02. The lowest BCUT2D eigenvalue weighted by atomic mass is 10.2. The van der Waals surface area contributed by atoms with Crippen molar-refractivity contribution in [2.75, 3.05) is 13.2 Å². The van der Waals surface area contributed by atoms with Gasteiger partial charge >= 0.3 is 12.1 Å². The van der Waals surface area contributed by atoms with Crippen molar-refractivity contribution in [3.63, 3.8) is 0 Å². The highest BCUT2D eigenvalue weighted by Gasteiger charge is 2.38. The zero-order chi connectivity index (χ0) is 21.0. The van der Waals surface area contributed by atoms with E-state index < -0.39 is 12.1 Å². The summed E-state index contributed by atoms with van der Waals surface area (Å²) in [5.74, 6) is -0.746. The zero-order valence-corrected chi connectivity index (χ0v) is 16.9. The molecule has 4 rings (SSSR count). The molecule has 0 saturated heterocycles. The van der Waals surface area contributed by atoms with Gasteiger partial charge in [0.25, 0.3) is 0 Å². The molecule has 1 atom stereocenters. The van der Waals surface area contributed by atoms with Gasteiger partial charge in [-0.2, -0.15) is 13.2 Å². The Bertz CT molecular complexity index is 803. The highest BCUT2D eigenvalue weighted by molar-refractivity contribution is 7.09. The third-order valence-electron chi connectivity index (χ3n) is 4.98. The number of fused-ring (bicyclic) bond motifs is 1. The van der Waals surface area contributed by atoms with Gasteiger partial charge in [0, 0.05) is 31.1 Å². The molecule has 1 aliphatic carbocycles. The third-order valence-corrected chi connectivity index (χ3v) is 5.84. The van der Waals surface area contributed by atoms with Gasteiger partial charge in [-0.05, 0) is 37.1 Å². The van der Waals surface area contributed by atoms with Gasteiger partial charge in [-0.1, -0.05) is 6.07 Å². The SMILES string of the molecule is CC1c2ncc(COCC3CC3)n2CCN1Cc1cccs1.O=C(O)C(F)(F)F. The summed E-state index contributed by atoms with van der Waals surface area (Å²) in [5, 5.41) is 9.28. The van der Waals surface area contributed by atoms with Crippen LogP contribution in [0.3, 0.4) is 0 Å². The number of alkyl halides is 3. The van der Waals surface area contributed by atoms with Gasteiger partial charge in [0.2, 0.25) is 0 Å². The average Bonchev–Trinajstić information content (AvgIpc) is 3.16. The van der Waals surface area contributed by atoms with E-state index in [2.05, 4.69) is 38.9 Å². The lowest BCUT2D eigenvalue weighted by molar-refractivity contribution is -0.192. The number of aromatic nitrogens is 2. The molecule has 3 heterocycles. The molecule has 0 amide bonds. The first-order valence-corrected chi connectivity index (χ1v) is 10.3. The van der Waals surface area contributed by atoms with Gasteiger partial charge in [0.05, 0.1) is 24.5 Å². The van der Waals surface area contributed by atoms with Gasteiger partial charge in [0.15, 0.2) is 0 Å². The van der Waals surface area contributed by atoms with Crippen molar-refractivity contribution >= 4 is 17.3 Å². The smallest absolute Gasteiger partial charge is 0.475 e. The summed E-state index contributed by atoms with van der Waals surface area (Å²) in [6.07, 6.45) is -0.383. The minimum atomic E-state index is -5.08. The Hall–Kier alpha value is -1.91. The topological polar surface area (TPSA) is 67.6 Å². The van der Waals surface area contributed by atoms with E-state index in [9.17, 15) is 13.2 Å². The Kier molecular flexibility index (Phi) is 6.97. The first-order valence-electron chi connectivity index (χ1n) is 9.44. The van der Waals surface area contributed by atoms with Gasteiger partial charge in [0.1, 0.15) is 5.82 Å². The number of nitrogens with zero attached hydrogens (tertiary/aromatic N) is 3. The van der Waals surface area contributed by atoms with Crippen LogP contribution in [-0.2, 0) is 29.2 Å². The van der Waals surface area contributed by atoms with E-state index in [1.165, 1.54) is 29.2 Å². The number of imidazole rings is 1. The van der Waals surface area contributed by atoms with Crippen molar-refractivity contribution in [1.82, 2.24) is 14.5 Å². The summed E-state index contributed by atoms with van der Waals surface area (Å²) in [6, 6.07) is 4.72. The maximum absolute atomic E-state index is 10.6. The minimum Gasteiger partial charge on any atom is -0.475 e. The molecule has 2 aromatic rings. The highest BCUT2D eigenvalue weighted by atomic mass is 32.1. The number of halogens is 3. The van der Waals surface area contributed by atoms with Crippen LogP contribution in [0.5, 0.6) is 0 Å². The number of carbonyl (C=O) groups is 1. The minimum absolute atomic E-state index is 0.369. The van der Waals surface area contributed by atoms with Crippen LogP contribution >= 0.6 is 11.3 Å². The predicted octanol–water partition coefficient (Wildman–Crippen LogP) is 4.08. The fourth-order valence-electron chi connectivity index (χ4n) is 3.15. The van der Waals surface area contributed by atoms with E-state index in [1.54, 1.807) is 0 Å². The van der Waals surface area contributed by atoms with E-state index in [4.69, 9.17) is 14.6 Å². The standard InChI is InChI=1S/C17H23N3OS.C2HF3O2/c1-13-17-18-9-15(12-21-11-14-4-5-14)20(17)7-6-19(13)10-16-3-2-8-22-16;3-2(4,5)1(6)7/h2-3,8-9,13-14H,4-7,10-12H2,1H3;(H,6,7). The Morgan fingerprint density at radius 2 is 2.10 bits per heavy atom. The lowest BCUT2D eigenvalue weighted by Gasteiger charge is -2.34. The summed E-state index contributed by atoms with van der Waals surface area (Å²) in [4.78, 5) is 17.5. The molecule has 2 aromatic heterocycles. The molecular weight excluding hydrogens is 407 g/mol. The number of ether oxygens (including phenoxy) is 1. The van der Waals surface area contributed by atoms with Crippen LogP contribution < -0.4 is 0 Å². The number of carboxylic acids is 1. The van der Waals surface area contributed by atoms with Crippen LogP contribution in [0.15, 0.2) is 23.7 Å². The molecule has 6 nitrogen and oxygen atoms in total. The van der Waals surface area contributed by atoms with E-state index >= 15 is 0 Å². The van der Waals surface area contributed by atoms with Crippen molar-refractivity contribution in [2.24, 2.45) is 5.92 Å². The summed E-state index contributed by atoms with van der Waals surface area (Å²) < 4.78 is 39.9. The van der Waals surface area contributed by atoms with Gasteiger partial charge in [-0.3, -0.25) is 4.90 Å². The summed E-state index contributed by atoms with van der Waals surface area (Å²) in [7, 11) is 0. The molecule has 160 valence electrons. The quantitative estimate of drug-likeness (QED) is 0.747. The van der Waals surface area contributed by atoms with Gasteiger partial charge in [-0.15, -0.1) is 11.3 Å². The van der Waals surface area contributed by atoms with Crippen molar-refractivity contribution in [1.29, 1.82) is 0 Å². The van der Waals surface area contributed by atoms with Crippen molar-refractivity contribution in [3.05, 3.63) is 40.1 Å². The van der Waals surface area contributed by atoms with Gasteiger partial charge < -0.3 is 14.4 Å². The second kappa shape index (κ2) is 9.27. The number of rotatable bonds is 6. The molecule has 1 saturated carbocycles. The highest BCUT2D eigenvalue weighted by Crippen LogP contribution is 2.30. The second-order valence-corrected chi connectivity index (χ2v) is 8.28. The first-order chi connectivity index (χ1) is 13.8. The average molecular weight is 431 g/mol. The molecule has 2 aliphatic rings. The molecule has 0 bridgehead atoms. The molecule has 0 spiro atoms. The molecule has 0 radical (unpaired) electrons. The summed E-state index contributed by atoms with van der Waals surface area (Å²) in [5.41, 5.74) is 1.23.